The van der Waals surface area contributed by atoms with Crippen molar-refractivity contribution in [2.24, 2.45) is 5.73 Å². The zero-order chi connectivity index (χ0) is 7.72. The molecule has 1 rings (SSSR count). The number of hydrogen-bond donors (Lipinski definition) is 3. The van der Waals surface area contributed by atoms with Gasteiger partial charge in [0.1, 0.15) is 0 Å². The van der Waals surface area contributed by atoms with Crippen molar-refractivity contribution in [3.63, 3.8) is 0 Å². The van der Waals surface area contributed by atoms with E-state index in [-0.39, 0.29) is 12.1 Å². The maximum atomic E-state index is 9.20. The third-order valence-electron chi connectivity index (χ3n) is 1.77. The summed E-state index contributed by atoms with van der Waals surface area (Å²) in [6.45, 7) is 1.69. The maximum Gasteiger partial charge on any atom is 0.156 e. The molecule has 0 aromatic rings. The molecule has 4 heteroatoms. The summed E-state index contributed by atoms with van der Waals surface area (Å²) in [4.78, 5) is 0. The van der Waals surface area contributed by atoms with Crippen molar-refractivity contribution >= 4 is 0 Å². The fourth-order valence-electron chi connectivity index (χ4n) is 1.10. The van der Waals surface area contributed by atoms with Crippen LogP contribution in [0.4, 0.5) is 0 Å². The van der Waals surface area contributed by atoms with E-state index >= 15 is 0 Å². The van der Waals surface area contributed by atoms with E-state index in [1.807, 2.05) is 0 Å². The fourth-order valence-corrected chi connectivity index (χ4v) is 1.10. The molecule has 4 atom stereocenters. The van der Waals surface area contributed by atoms with Gasteiger partial charge < -0.3 is 20.7 Å². The van der Waals surface area contributed by atoms with Gasteiger partial charge in [0.05, 0.1) is 12.2 Å². The Balaban J connectivity index is 2.49. The zero-order valence-corrected chi connectivity index (χ0v) is 5.90. The van der Waals surface area contributed by atoms with Crippen LogP contribution in [-0.2, 0) is 4.74 Å². The van der Waals surface area contributed by atoms with Gasteiger partial charge in [-0.3, -0.25) is 0 Å². The Morgan fingerprint density at radius 1 is 1.50 bits per heavy atom. The zero-order valence-electron chi connectivity index (χ0n) is 5.90. The molecular weight excluding hydrogens is 134 g/mol. The fraction of sp³-hybridized carbons (Fsp3) is 1.00. The minimum atomic E-state index is -0.812. The predicted octanol–water partition coefficient (Wildman–Crippen LogP) is -1.20. The molecule has 1 saturated heterocycles. The molecule has 0 radical (unpaired) electrons. The molecule has 10 heavy (non-hydrogen) atoms. The number of aliphatic hydroxyl groups excluding tert-OH is 2. The van der Waals surface area contributed by atoms with Crippen molar-refractivity contribution in [3.05, 3.63) is 0 Å². The van der Waals surface area contributed by atoms with Gasteiger partial charge in [-0.25, -0.2) is 0 Å². The van der Waals surface area contributed by atoms with Crippen molar-refractivity contribution in [1.82, 2.24) is 0 Å². The molecule has 1 aliphatic heterocycles. The van der Waals surface area contributed by atoms with E-state index < -0.39 is 12.4 Å². The summed E-state index contributed by atoms with van der Waals surface area (Å²) >= 11 is 0. The van der Waals surface area contributed by atoms with Gasteiger partial charge in [-0.05, 0) is 6.92 Å². The van der Waals surface area contributed by atoms with Crippen LogP contribution in [0.1, 0.15) is 13.3 Å². The number of nitrogens with two attached hydrogens (primary N) is 1. The Labute approximate surface area is 59.6 Å². The van der Waals surface area contributed by atoms with E-state index in [0.29, 0.717) is 6.42 Å². The van der Waals surface area contributed by atoms with E-state index in [9.17, 15) is 5.11 Å². The first kappa shape index (κ1) is 7.94. The lowest BCUT2D eigenvalue weighted by Gasteiger charge is -2.33. The number of aliphatic hydroxyl groups is 2. The SMILES string of the molecule is C[C@H]1O[C@H](O)CC(N)[C@H]1O. The van der Waals surface area contributed by atoms with Gasteiger partial charge in [0.2, 0.25) is 0 Å². The van der Waals surface area contributed by atoms with Crippen molar-refractivity contribution in [2.75, 3.05) is 0 Å². The first-order chi connectivity index (χ1) is 4.61. The smallest absolute Gasteiger partial charge is 0.156 e. The van der Waals surface area contributed by atoms with E-state index in [1.165, 1.54) is 0 Å². The molecule has 1 unspecified atom stereocenters. The van der Waals surface area contributed by atoms with Crippen LogP contribution in [0.5, 0.6) is 0 Å². The Hall–Kier alpha value is -0.160. The molecule has 1 heterocycles. The van der Waals surface area contributed by atoms with Crippen LogP contribution in [0.25, 0.3) is 0 Å². The number of hydrogen-bond acceptors (Lipinski definition) is 4. The first-order valence-corrected chi connectivity index (χ1v) is 3.38. The lowest BCUT2D eigenvalue weighted by molar-refractivity contribution is -0.198. The summed E-state index contributed by atoms with van der Waals surface area (Å²) < 4.78 is 4.89. The lowest BCUT2D eigenvalue weighted by atomic mass is 10.0. The second-order valence-electron chi connectivity index (χ2n) is 2.69. The average Bonchev–Trinajstić information content (AvgIpc) is 1.82. The summed E-state index contributed by atoms with van der Waals surface area (Å²) in [5.74, 6) is 0. The monoisotopic (exact) mass is 147 g/mol. The first-order valence-electron chi connectivity index (χ1n) is 3.38. The van der Waals surface area contributed by atoms with Crippen LogP contribution < -0.4 is 5.73 Å². The summed E-state index contributed by atoms with van der Waals surface area (Å²) in [6.07, 6.45) is -1.51. The molecule has 0 bridgehead atoms. The van der Waals surface area contributed by atoms with Gasteiger partial charge in [0.15, 0.2) is 6.29 Å². The summed E-state index contributed by atoms with van der Waals surface area (Å²) in [5.41, 5.74) is 5.47. The average molecular weight is 147 g/mol. The highest BCUT2D eigenvalue weighted by Gasteiger charge is 2.31. The predicted molar refractivity (Wildman–Crippen MR) is 35.2 cm³/mol. The molecule has 0 amide bonds. The quantitative estimate of drug-likeness (QED) is 0.402. The van der Waals surface area contributed by atoms with E-state index in [0.717, 1.165) is 0 Å². The molecule has 0 aromatic heterocycles. The number of rotatable bonds is 0. The summed E-state index contributed by atoms with van der Waals surface area (Å²) in [6, 6.07) is -0.362. The third-order valence-corrected chi connectivity index (χ3v) is 1.77. The number of ether oxygens (including phenoxy) is 1. The van der Waals surface area contributed by atoms with Crippen LogP contribution in [-0.4, -0.2) is 34.8 Å². The minimum Gasteiger partial charge on any atom is -0.389 e. The Morgan fingerprint density at radius 3 is 2.60 bits per heavy atom. The minimum absolute atomic E-state index is 0.311. The lowest BCUT2D eigenvalue weighted by Crippen LogP contribution is -2.51. The van der Waals surface area contributed by atoms with Gasteiger partial charge in [-0.2, -0.15) is 0 Å². The second-order valence-corrected chi connectivity index (χ2v) is 2.69. The van der Waals surface area contributed by atoms with Crippen LogP contribution >= 0.6 is 0 Å². The largest absolute Gasteiger partial charge is 0.389 e. The highest BCUT2D eigenvalue weighted by molar-refractivity contribution is 4.82. The Morgan fingerprint density at radius 2 is 2.10 bits per heavy atom. The van der Waals surface area contributed by atoms with Crippen LogP contribution in [0.3, 0.4) is 0 Å². The Kier molecular flexibility index (Phi) is 2.25. The van der Waals surface area contributed by atoms with Crippen molar-refractivity contribution < 1.29 is 14.9 Å². The van der Waals surface area contributed by atoms with Crippen LogP contribution in [0.15, 0.2) is 0 Å². The van der Waals surface area contributed by atoms with Crippen LogP contribution in [0, 0.1) is 0 Å². The molecule has 1 fully saturated rings. The van der Waals surface area contributed by atoms with Gasteiger partial charge in [-0.15, -0.1) is 0 Å². The van der Waals surface area contributed by atoms with Gasteiger partial charge >= 0.3 is 0 Å². The summed E-state index contributed by atoms with van der Waals surface area (Å²) in [5, 5.41) is 18.2. The molecule has 4 nitrogen and oxygen atoms in total. The normalized spacial score (nSPS) is 49.2. The van der Waals surface area contributed by atoms with Gasteiger partial charge in [-0.1, -0.05) is 0 Å². The van der Waals surface area contributed by atoms with Crippen molar-refractivity contribution in [3.8, 4) is 0 Å². The van der Waals surface area contributed by atoms with Crippen molar-refractivity contribution in [1.29, 1.82) is 0 Å². The van der Waals surface area contributed by atoms with Gasteiger partial charge in [0.25, 0.3) is 0 Å². The van der Waals surface area contributed by atoms with Crippen molar-refractivity contribution in [2.45, 2.75) is 37.9 Å². The molecule has 0 saturated carbocycles. The highest BCUT2D eigenvalue weighted by Crippen LogP contribution is 2.16. The summed E-state index contributed by atoms with van der Waals surface area (Å²) in [7, 11) is 0. The van der Waals surface area contributed by atoms with E-state index in [1.54, 1.807) is 6.92 Å². The molecule has 0 spiro atoms. The molecule has 0 aliphatic carbocycles. The highest BCUT2D eigenvalue weighted by atomic mass is 16.6. The molecule has 0 aromatic carbocycles. The van der Waals surface area contributed by atoms with E-state index in [4.69, 9.17) is 15.6 Å². The second kappa shape index (κ2) is 2.84. The molecule has 1 aliphatic rings. The van der Waals surface area contributed by atoms with Gasteiger partial charge in [0, 0.05) is 12.5 Å². The molecule has 4 N–H and O–H groups in total. The van der Waals surface area contributed by atoms with Crippen LogP contribution in [0.2, 0.25) is 0 Å². The molecule has 60 valence electrons. The standard InChI is InChI=1S/C6H13NO3/c1-3-6(9)4(7)2-5(8)10-3/h3-6,8-9H,2,7H2,1H3/t3-,4?,5+,6+/m1/s1. The topological polar surface area (TPSA) is 75.7 Å². The Bertz CT molecular complexity index is 108. The maximum absolute atomic E-state index is 9.20. The van der Waals surface area contributed by atoms with E-state index in [2.05, 4.69) is 0 Å². The molecular formula is C6H13NO3. The third kappa shape index (κ3) is 1.46.